The number of hydrogen-bond acceptors (Lipinski definition) is 3. The quantitative estimate of drug-likeness (QED) is 0.457. The highest BCUT2D eigenvalue weighted by atomic mass is 15.2. The minimum Gasteiger partial charge on any atom is -0.301 e. The summed E-state index contributed by atoms with van der Waals surface area (Å²) in [6.45, 7) is 25.2. The summed E-state index contributed by atoms with van der Waals surface area (Å²) >= 11 is 0. The molecule has 0 aromatic rings. The third-order valence-electron chi connectivity index (χ3n) is 10.7. The monoisotopic (exact) mass is 445 g/mol. The van der Waals surface area contributed by atoms with Gasteiger partial charge in [0.15, 0.2) is 0 Å². The normalized spacial score (nSPS) is 30.5. The fourth-order valence-electron chi connectivity index (χ4n) is 8.15. The van der Waals surface area contributed by atoms with Crippen molar-refractivity contribution in [1.82, 2.24) is 14.7 Å². The van der Waals surface area contributed by atoms with E-state index in [1.807, 2.05) is 0 Å². The first-order valence-electron chi connectivity index (χ1n) is 14.3. The smallest absolute Gasteiger partial charge is 0.0168 e. The molecule has 1 saturated carbocycles. The Morgan fingerprint density at radius 3 is 1.88 bits per heavy atom. The minimum absolute atomic E-state index is 0.323. The van der Waals surface area contributed by atoms with E-state index in [-0.39, 0.29) is 0 Å². The van der Waals surface area contributed by atoms with E-state index >= 15 is 0 Å². The highest BCUT2D eigenvalue weighted by molar-refractivity contribution is 5.01. The van der Waals surface area contributed by atoms with E-state index in [0.717, 1.165) is 17.3 Å². The van der Waals surface area contributed by atoms with Crippen molar-refractivity contribution in [1.29, 1.82) is 0 Å². The van der Waals surface area contributed by atoms with Crippen LogP contribution in [-0.4, -0.2) is 71.6 Å². The second-order valence-electron chi connectivity index (χ2n) is 13.9. The summed E-state index contributed by atoms with van der Waals surface area (Å²) < 4.78 is 0. The molecule has 0 amide bonds. The summed E-state index contributed by atoms with van der Waals surface area (Å²) in [6.07, 6.45) is 13.0. The molecule has 0 radical (unpaired) electrons. The summed E-state index contributed by atoms with van der Waals surface area (Å²) in [6, 6.07) is 1.43. The highest BCUT2D eigenvalue weighted by Crippen LogP contribution is 2.56. The molecular weight excluding hydrogens is 390 g/mol. The summed E-state index contributed by atoms with van der Waals surface area (Å²) in [5.74, 6) is 1.90. The summed E-state index contributed by atoms with van der Waals surface area (Å²) in [5.41, 5.74) is 1.67. The van der Waals surface area contributed by atoms with Gasteiger partial charge in [-0.25, -0.2) is 0 Å². The van der Waals surface area contributed by atoms with Gasteiger partial charge in [0.2, 0.25) is 0 Å². The Kier molecular flexibility index (Phi) is 7.42. The molecule has 0 N–H and O–H groups in total. The van der Waals surface area contributed by atoms with Gasteiger partial charge in [0, 0.05) is 24.2 Å². The van der Waals surface area contributed by atoms with Crippen LogP contribution in [0.5, 0.6) is 0 Å². The first kappa shape index (κ1) is 25.0. The molecule has 3 saturated heterocycles. The number of piperidine rings is 2. The minimum atomic E-state index is 0.323. The van der Waals surface area contributed by atoms with Gasteiger partial charge in [0.25, 0.3) is 0 Å². The number of rotatable bonds is 7. The van der Waals surface area contributed by atoms with E-state index in [4.69, 9.17) is 0 Å². The van der Waals surface area contributed by atoms with Crippen molar-refractivity contribution in [3.8, 4) is 0 Å². The van der Waals surface area contributed by atoms with Gasteiger partial charge in [0.05, 0.1) is 0 Å². The van der Waals surface area contributed by atoms with Crippen LogP contribution in [0, 0.1) is 22.7 Å². The predicted molar refractivity (Wildman–Crippen MR) is 138 cm³/mol. The summed E-state index contributed by atoms with van der Waals surface area (Å²) in [5, 5.41) is 0. The van der Waals surface area contributed by atoms with E-state index in [1.165, 1.54) is 97.1 Å². The van der Waals surface area contributed by atoms with Crippen LogP contribution < -0.4 is 0 Å². The second kappa shape index (κ2) is 9.50. The van der Waals surface area contributed by atoms with Gasteiger partial charge in [-0.2, -0.15) is 0 Å². The van der Waals surface area contributed by atoms with E-state index in [9.17, 15) is 0 Å². The molecule has 3 heterocycles. The van der Waals surface area contributed by atoms with E-state index in [1.54, 1.807) is 0 Å². The Hall–Kier alpha value is -0.120. The van der Waals surface area contributed by atoms with E-state index in [2.05, 4.69) is 63.2 Å². The van der Waals surface area contributed by atoms with Crippen molar-refractivity contribution in [3.63, 3.8) is 0 Å². The van der Waals surface area contributed by atoms with Crippen LogP contribution in [0.2, 0.25) is 0 Å². The van der Waals surface area contributed by atoms with Gasteiger partial charge in [-0.1, -0.05) is 13.8 Å². The third-order valence-corrected chi connectivity index (χ3v) is 10.7. The van der Waals surface area contributed by atoms with Crippen LogP contribution in [0.15, 0.2) is 0 Å². The molecular formula is C29H55N3. The third kappa shape index (κ3) is 5.10. The molecule has 2 atom stereocenters. The zero-order chi connectivity index (χ0) is 23.1. The Labute approximate surface area is 200 Å². The molecule has 186 valence electrons. The van der Waals surface area contributed by atoms with Crippen LogP contribution >= 0.6 is 0 Å². The molecule has 1 aliphatic carbocycles. The van der Waals surface area contributed by atoms with Gasteiger partial charge in [-0.15, -0.1) is 0 Å². The zero-order valence-corrected chi connectivity index (χ0v) is 22.8. The zero-order valence-electron chi connectivity index (χ0n) is 22.8. The maximum atomic E-state index is 2.85. The largest absolute Gasteiger partial charge is 0.301 e. The Bertz CT molecular complexity index is 608. The Balaban J connectivity index is 1.24. The van der Waals surface area contributed by atoms with Gasteiger partial charge in [0.1, 0.15) is 0 Å². The number of likely N-dealkylation sites (tertiary alicyclic amines) is 3. The molecule has 3 aliphatic heterocycles. The lowest BCUT2D eigenvalue weighted by atomic mass is 9.54. The molecule has 4 aliphatic rings. The van der Waals surface area contributed by atoms with Crippen molar-refractivity contribution in [2.45, 2.75) is 124 Å². The lowest BCUT2D eigenvalue weighted by molar-refractivity contribution is -0.0569. The predicted octanol–water partition coefficient (Wildman–Crippen LogP) is 6.28. The van der Waals surface area contributed by atoms with Crippen molar-refractivity contribution in [2.24, 2.45) is 22.7 Å². The average Bonchev–Trinajstić information content (AvgIpc) is 3.15. The topological polar surface area (TPSA) is 9.72 Å². The van der Waals surface area contributed by atoms with Crippen LogP contribution in [-0.2, 0) is 0 Å². The molecule has 4 fully saturated rings. The average molecular weight is 446 g/mol. The molecule has 4 rings (SSSR count). The lowest BCUT2D eigenvalue weighted by Gasteiger charge is -2.56. The van der Waals surface area contributed by atoms with Crippen LogP contribution in [0.3, 0.4) is 0 Å². The maximum absolute atomic E-state index is 2.85. The summed E-state index contributed by atoms with van der Waals surface area (Å²) in [7, 11) is 0. The van der Waals surface area contributed by atoms with Crippen LogP contribution in [0.25, 0.3) is 0 Å². The molecule has 2 spiro atoms. The molecule has 3 nitrogen and oxygen atoms in total. The Morgan fingerprint density at radius 2 is 1.38 bits per heavy atom. The molecule has 0 aromatic heterocycles. The molecule has 32 heavy (non-hydrogen) atoms. The molecule has 0 aromatic carbocycles. The molecule has 2 unspecified atom stereocenters. The number of hydrogen-bond donors (Lipinski definition) is 0. The van der Waals surface area contributed by atoms with Crippen molar-refractivity contribution in [2.75, 3.05) is 39.3 Å². The van der Waals surface area contributed by atoms with Gasteiger partial charge in [-0.3, -0.25) is 4.90 Å². The standard InChI is InChI=1S/C29H55N3/c1-23(2)20-26-8-9-29(26)13-16-30(17-14-29)25(5)21-27(6,7)32-18-11-28(12-19-32)10-15-31(22-28)24(3)4/h23-26H,8-22H2,1-7H3. The van der Waals surface area contributed by atoms with Crippen LogP contribution in [0.1, 0.15) is 106 Å². The van der Waals surface area contributed by atoms with Gasteiger partial charge >= 0.3 is 0 Å². The SMILES string of the molecule is CC(C)CC1CCC12CCN(C(C)CC(C)(C)N1CCC3(CCN(C(C)C)C3)CC1)CC2. The maximum Gasteiger partial charge on any atom is 0.0168 e. The second-order valence-corrected chi connectivity index (χ2v) is 13.9. The van der Waals surface area contributed by atoms with Gasteiger partial charge < -0.3 is 9.80 Å². The first-order chi connectivity index (χ1) is 15.0. The first-order valence-corrected chi connectivity index (χ1v) is 14.3. The van der Waals surface area contributed by atoms with E-state index < -0.39 is 0 Å². The van der Waals surface area contributed by atoms with E-state index in [0.29, 0.717) is 23.0 Å². The molecule has 3 heteroatoms. The van der Waals surface area contributed by atoms with Crippen LogP contribution in [0.4, 0.5) is 0 Å². The van der Waals surface area contributed by atoms with Gasteiger partial charge in [-0.05, 0) is 148 Å². The van der Waals surface area contributed by atoms with Crippen molar-refractivity contribution in [3.05, 3.63) is 0 Å². The number of nitrogens with zero attached hydrogens (tertiary/aromatic N) is 3. The molecule has 0 bridgehead atoms. The highest BCUT2D eigenvalue weighted by Gasteiger charge is 2.48. The fourth-order valence-corrected chi connectivity index (χ4v) is 8.15. The van der Waals surface area contributed by atoms with Crippen molar-refractivity contribution < 1.29 is 0 Å². The Morgan fingerprint density at radius 1 is 0.781 bits per heavy atom. The summed E-state index contributed by atoms with van der Waals surface area (Å²) in [4.78, 5) is 8.42. The fraction of sp³-hybridized carbons (Fsp3) is 1.00. The van der Waals surface area contributed by atoms with Crippen molar-refractivity contribution >= 4 is 0 Å². The lowest BCUT2D eigenvalue weighted by Crippen LogP contribution is -2.55.